The number of hydrogen-bond acceptors (Lipinski definition) is 5. The van der Waals surface area contributed by atoms with Crippen LogP contribution in [0, 0.1) is 0 Å². The number of aromatic amines is 1. The topological polar surface area (TPSA) is 91.4 Å². The van der Waals surface area contributed by atoms with E-state index in [4.69, 9.17) is 4.74 Å². The van der Waals surface area contributed by atoms with Crippen LogP contribution >= 0.6 is 0 Å². The molecule has 1 N–H and O–H groups in total. The number of pyridine rings is 2. The molecule has 0 bridgehead atoms. The number of amides is 3. The van der Waals surface area contributed by atoms with Crippen LogP contribution in [-0.2, 0) is 11.0 Å². The molecule has 0 unspecified atom stereocenters. The van der Waals surface area contributed by atoms with Gasteiger partial charge in [-0.3, -0.25) is 14.7 Å². The molecule has 3 amide bonds. The molecule has 182 valence electrons. The summed E-state index contributed by atoms with van der Waals surface area (Å²) in [6, 6.07) is 8.74. The first-order valence-electron chi connectivity index (χ1n) is 11.2. The third-order valence-corrected chi connectivity index (χ3v) is 6.24. The number of benzene rings is 1. The number of ether oxygens (including phenoxy) is 1. The number of alkyl halides is 3. The van der Waals surface area contributed by atoms with Crippen LogP contribution < -0.4 is 14.5 Å². The highest BCUT2D eigenvalue weighted by Crippen LogP contribution is 2.47. The van der Waals surface area contributed by atoms with Crippen molar-refractivity contribution in [3.63, 3.8) is 0 Å². The van der Waals surface area contributed by atoms with E-state index in [1.165, 1.54) is 0 Å². The summed E-state index contributed by atoms with van der Waals surface area (Å²) in [5.74, 6) is 0.900. The largest absolute Gasteiger partial charge is 0.456 e. The number of carbonyl (C=O) groups is 2. The van der Waals surface area contributed by atoms with Crippen molar-refractivity contribution in [1.82, 2.24) is 15.0 Å². The van der Waals surface area contributed by atoms with Gasteiger partial charge in [-0.2, -0.15) is 13.2 Å². The lowest BCUT2D eigenvalue weighted by Crippen LogP contribution is -2.33. The molecule has 11 heteroatoms. The quantitative estimate of drug-likeness (QED) is 0.365. The fraction of sp³-hybridized carbons (Fsp3) is 0.200. The highest BCUT2D eigenvalue weighted by Gasteiger charge is 2.40. The van der Waals surface area contributed by atoms with E-state index in [2.05, 4.69) is 15.0 Å². The smallest absolute Gasteiger partial charge is 0.417 e. The van der Waals surface area contributed by atoms with Gasteiger partial charge in [-0.05, 0) is 60.7 Å². The Bertz CT molecular complexity index is 1510. The number of nitrogens with one attached hydrogen (secondary N) is 1. The zero-order valence-corrected chi connectivity index (χ0v) is 18.6. The van der Waals surface area contributed by atoms with Crippen molar-refractivity contribution in [2.45, 2.75) is 24.9 Å². The minimum atomic E-state index is -4.62. The van der Waals surface area contributed by atoms with Crippen molar-refractivity contribution in [3.8, 4) is 11.5 Å². The monoisotopic (exact) mass is 493 g/mol. The third-order valence-electron chi connectivity index (χ3n) is 6.24. The summed E-state index contributed by atoms with van der Waals surface area (Å²) in [4.78, 5) is 38.8. The normalized spacial score (nSPS) is 16.3. The summed E-state index contributed by atoms with van der Waals surface area (Å²) < 4.78 is 45.6. The van der Waals surface area contributed by atoms with E-state index >= 15 is 0 Å². The summed E-state index contributed by atoms with van der Waals surface area (Å²) in [5, 5.41) is 0.818. The fourth-order valence-corrected chi connectivity index (χ4v) is 4.31. The van der Waals surface area contributed by atoms with Gasteiger partial charge in [-0.1, -0.05) is 0 Å². The van der Waals surface area contributed by atoms with Crippen LogP contribution in [0.25, 0.3) is 11.0 Å². The number of anilines is 2. The van der Waals surface area contributed by atoms with Crippen LogP contribution in [-0.4, -0.2) is 33.4 Å². The lowest BCUT2D eigenvalue weighted by Gasteiger charge is -2.19. The highest BCUT2D eigenvalue weighted by atomic mass is 19.4. The summed E-state index contributed by atoms with van der Waals surface area (Å²) in [5.41, 5.74) is 0.788. The Morgan fingerprint density at radius 3 is 2.61 bits per heavy atom. The van der Waals surface area contributed by atoms with E-state index in [1.807, 2.05) is 6.07 Å². The standard InChI is InChI=1S/C25H18F3N5O3/c26-25(27,28)15-9-17(12-29-11-15)32-13-22(34)33(24(32)35)16-3-4-20(19(10-16)14-1-2-14)36-21-6-8-31-23-18(21)5-7-30-23/h3-12,14H,1-2,13H2,(H,30,31). The van der Waals surface area contributed by atoms with Crippen molar-refractivity contribution in [2.24, 2.45) is 0 Å². The molecule has 3 aromatic heterocycles. The van der Waals surface area contributed by atoms with Gasteiger partial charge < -0.3 is 9.72 Å². The molecular formula is C25H18F3N5O3. The second kappa shape index (κ2) is 8.08. The van der Waals surface area contributed by atoms with Crippen LogP contribution in [0.2, 0.25) is 0 Å². The van der Waals surface area contributed by atoms with Gasteiger partial charge in [0, 0.05) is 18.6 Å². The average Bonchev–Trinajstić information content (AvgIpc) is 3.50. The molecule has 1 saturated heterocycles. The number of H-pyrrole nitrogens is 1. The zero-order valence-electron chi connectivity index (χ0n) is 18.6. The van der Waals surface area contributed by atoms with Gasteiger partial charge in [0.15, 0.2) is 0 Å². The lowest BCUT2D eigenvalue weighted by atomic mass is 10.1. The summed E-state index contributed by atoms with van der Waals surface area (Å²) in [6.45, 7) is -0.388. The van der Waals surface area contributed by atoms with Gasteiger partial charge in [0.1, 0.15) is 23.7 Å². The van der Waals surface area contributed by atoms with Gasteiger partial charge in [0.25, 0.3) is 5.91 Å². The molecule has 2 aliphatic rings. The van der Waals surface area contributed by atoms with Gasteiger partial charge in [0.2, 0.25) is 0 Å². The minimum Gasteiger partial charge on any atom is -0.456 e. The van der Waals surface area contributed by atoms with Crippen molar-refractivity contribution in [2.75, 3.05) is 16.3 Å². The van der Waals surface area contributed by atoms with Gasteiger partial charge in [-0.15, -0.1) is 0 Å². The Balaban J connectivity index is 1.31. The maximum Gasteiger partial charge on any atom is 0.417 e. The average molecular weight is 493 g/mol. The maximum atomic E-state index is 13.1. The van der Waals surface area contributed by atoms with Crippen LogP contribution in [0.5, 0.6) is 11.5 Å². The van der Waals surface area contributed by atoms with Crippen LogP contribution in [0.3, 0.4) is 0 Å². The number of nitrogens with zero attached hydrogens (tertiary/aromatic N) is 4. The Morgan fingerprint density at radius 1 is 1.00 bits per heavy atom. The molecule has 6 rings (SSSR count). The van der Waals surface area contributed by atoms with Crippen LogP contribution in [0.4, 0.5) is 29.3 Å². The molecule has 0 atom stereocenters. The fourth-order valence-electron chi connectivity index (χ4n) is 4.31. The molecule has 1 aromatic carbocycles. The number of aromatic nitrogens is 3. The first-order valence-corrected chi connectivity index (χ1v) is 11.2. The second-order valence-electron chi connectivity index (χ2n) is 8.67. The molecule has 0 radical (unpaired) electrons. The van der Waals surface area contributed by atoms with E-state index in [-0.39, 0.29) is 18.2 Å². The highest BCUT2D eigenvalue weighted by molar-refractivity contribution is 6.27. The molecule has 1 saturated carbocycles. The maximum absolute atomic E-state index is 13.1. The van der Waals surface area contributed by atoms with E-state index in [9.17, 15) is 22.8 Å². The number of urea groups is 1. The van der Waals surface area contributed by atoms with Crippen molar-refractivity contribution in [1.29, 1.82) is 0 Å². The first-order chi connectivity index (χ1) is 17.3. The van der Waals surface area contributed by atoms with Crippen molar-refractivity contribution < 1.29 is 27.5 Å². The molecule has 2 fully saturated rings. The van der Waals surface area contributed by atoms with E-state index in [0.717, 1.165) is 45.9 Å². The molecule has 8 nitrogen and oxygen atoms in total. The molecule has 1 aliphatic heterocycles. The molecule has 4 aromatic rings. The van der Waals surface area contributed by atoms with Crippen molar-refractivity contribution >= 4 is 34.3 Å². The Hall–Kier alpha value is -4.41. The number of hydrogen-bond donors (Lipinski definition) is 1. The Kier molecular flexibility index (Phi) is 4.95. The molecular weight excluding hydrogens is 475 g/mol. The number of carbonyl (C=O) groups excluding carboxylic acids is 2. The minimum absolute atomic E-state index is 0.0961. The number of halogens is 3. The first kappa shape index (κ1) is 22.1. The Labute approximate surface area is 202 Å². The summed E-state index contributed by atoms with van der Waals surface area (Å²) in [6.07, 6.45) is 2.48. The number of fused-ring (bicyclic) bond motifs is 1. The predicted molar refractivity (Wildman–Crippen MR) is 124 cm³/mol. The summed E-state index contributed by atoms with van der Waals surface area (Å²) >= 11 is 0. The van der Waals surface area contributed by atoms with Crippen molar-refractivity contribution in [3.05, 3.63) is 72.3 Å². The molecule has 0 spiro atoms. The van der Waals surface area contributed by atoms with Gasteiger partial charge >= 0.3 is 12.2 Å². The van der Waals surface area contributed by atoms with E-state index in [0.29, 0.717) is 29.0 Å². The molecule has 36 heavy (non-hydrogen) atoms. The second-order valence-corrected chi connectivity index (χ2v) is 8.67. The van der Waals surface area contributed by atoms with Crippen LogP contribution in [0.15, 0.2) is 61.2 Å². The lowest BCUT2D eigenvalue weighted by molar-refractivity contribution is -0.137. The SMILES string of the molecule is O=C1CN(c2cncc(C(F)(F)F)c2)C(=O)N1c1ccc(Oc2ccnc3[nH]ccc23)c(C2CC2)c1. The number of rotatable bonds is 5. The zero-order chi connectivity index (χ0) is 25.0. The van der Waals surface area contributed by atoms with E-state index in [1.54, 1.807) is 36.7 Å². The van der Waals surface area contributed by atoms with Gasteiger partial charge in [-0.25, -0.2) is 14.7 Å². The number of imide groups is 1. The predicted octanol–water partition coefficient (Wildman–Crippen LogP) is 5.62. The van der Waals surface area contributed by atoms with E-state index < -0.39 is 23.7 Å². The van der Waals surface area contributed by atoms with Gasteiger partial charge in [0.05, 0.1) is 28.5 Å². The summed E-state index contributed by atoms with van der Waals surface area (Å²) in [7, 11) is 0. The Morgan fingerprint density at radius 2 is 1.83 bits per heavy atom. The molecule has 4 heterocycles. The van der Waals surface area contributed by atoms with Crippen LogP contribution in [0.1, 0.15) is 29.9 Å². The molecule has 1 aliphatic carbocycles. The third kappa shape index (κ3) is 3.82.